The average Bonchev–Trinajstić information content (AvgIpc) is 3.26. The van der Waals surface area contributed by atoms with Crippen LogP contribution in [0.25, 0.3) is 0 Å². The molecule has 3 rings (SSSR count). The molecule has 1 amide bonds. The third kappa shape index (κ3) is 6.02. The van der Waals surface area contributed by atoms with E-state index in [0.717, 1.165) is 0 Å². The summed E-state index contributed by atoms with van der Waals surface area (Å²) in [5, 5.41) is 0. The maximum Gasteiger partial charge on any atom is 0.406 e. The zero-order valence-electron chi connectivity index (χ0n) is 17.3. The van der Waals surface area contributed by atoms with Crippen LogP contribution in [0.3, 0.4) is 0 Å². The summed E-state index contributed by atoms with van der Waals surface area (Å²) in [6.07, 6.45) is -3.72. The van der Waals surface area contributed by atoms with Gasteiger partial charge in [0.05, 0.1) is 39.6 Å². The Morgan fingerprint density at radius 3 is 2.53 bits per heavy atom. The van der Waals surface area contributed by atoms with Crippen molar-refractivity contribution in [3.05, 3.63) is 47.9 Å². The van der Waals surface area contributed by atoms with Crippen LogP contribution in [0.15, 0.2) is 45.9 Å². The van der Waals surface area contributed by atoms with Gasteiger partial charge in [-0.05, 0) is 29.8 Å². The van der Waals surface area contributed by atoms with E-state index < -0.39 is 35.1 Å². The molecule has 0 N–H and O–H groups in total. The first-order valence-corrected chi connectivity index (χ1v) is 11.2. The molecule has 12 heteroatoms. The van der Waals surface area contributed by atoms with Gasteiger partial charge in [0.15, 0.2) is 0 Å². The Morgan fingerprint density at radius 1 is 1.22 bits per heavy atom. The van der Waals surface area contributed by atoms with Crippen LogP contribution >= 0.6 is 0 Å². The van der Waals surface area contributed by atoms with Gasteiger partial charge in [-0.2, -0.15) is 17.5 Å². The van der Waals surface area contributed by atoms with Crippen LogP contribution in [0.1, 0.15) is 11.3 Å². The van der Waals surface area contributed by atoms with Gasteiger partial charge in [0.25, 0.3) is 0 Å². The van der Waals surface area contributed by atoms with Crippen molar-refractivity contribution in [3.63, 3.8) is 0 Å². The molecule has 0 bridgehead atoms. The summed E-state index contributed by atoms with van der Waals surface area (Å²) in [5.74, 6) is -0.540. The predicted octanol–water partition coefficient (Wildman–Crippen LogP) is 2.44. The molecule has 176 valence electrons. The van der Waals surface area contributed by atoms with Gasteiger partial charge in [-0.3, -0.25) is 4.79 Å². The number of hydrogen-bond acceptors (Lipinski definition) is 6. The molecule has 0 radical (unpaired) electrons. The number of hydrogen-bond donors (Lipinski definition) is 0. The van der Waals surface area contributed by atoms with Crippen LogP contribution < -0.4 is 4.74 Å². The van der Waals surface area contributed by atoms with E-state index in [2.05, 4.69) is 0 Å². The molecule has 0 saturated carbocycles. The normalized spacial score (nSPS) is 15.5. The van der Waals surface area contributed by atoms with Crippen LogP contribution in [-0.2, 0) is 32.5 Å². The standard InChI is InChI=1S/C20H23F3N2O6S/c1-29-17-5-4-15(11-18(17)32(27,28)25-6-9-30-10-7-25)12-19(26)24(14-20(21,22)23)13-16-3-2-8-31-16/h2-5,8,11H,6-7,9-10,12-14H2,1H3. The maximum absolute atomic E-state index is 13.1. The summed E-state index contributed by atoms with van der Waals surface area (Å²) >= 11 is 0. The van der Waals surface area contributed by atoms with Gasteiger partial charge in [0.1, 0.15) is 22.9 Å². The molecular weight excluding hydrogens is 453 g/mol. The SMILES string of the molecule is COc1ccc(CC(=O)N(Cc2ccco2)CC(F)(F)F)cc1S(=O)(=O)N1CCOCC1. The molecule has 32 heavy (non-hydrogen) atoms. The number of benzene rings is 1. The number of morpholine rings is 1. The summed E-state index contributed by atoms with van der Waals surface area (Å²) in [5.41, 5.74) is 0.245. The van der Waals surface area contributed by atoms with Crippen LogP contribution in [-0.4, -0.2) is 69.7 Å². The van der Waals surface area contributed by atoms with Crippen LogP contribution in [0.5, 0.6) is 5.75 Å². The van der Waals surface area contributed by atoms with Gasteiger partial charge in [-0.25, -0.2) is 8.42 Å². The number of furan rings is 1. The number of rotatable bonds is 8. The fourth-order valence-corrected chi connectivity index (χ4v) is 4.90. The maximum atomic E-state index is 13.1. The highest BCUT2D eigenvalue weighted by atomic mass is 32.2. The average molecular weight is 476 g/mol. The Bertz CT molecular complexity index is 1020. The minimum atomic E-state index is -4.60. The number of sulfonamides is 1. The molecule has 0 spiro atoms. The van der Waals surface area contributed by atoms with E-state index in [4.69, 9.17) is 13.9 Å². The minimum Gasteiger partial charge on any atom is -0.495 e. The van der Waals surface area contributed by atoms with Crippen molar-refractivity contribution in [1.82, 2.24) is 9.21 Å². The second kappa shape index (κ2) is 9.92. The summed E-state index contributed by atoms with van der Waals surface area (Å²) in [6, 6.07) is 7.08. The lowest BCUT2D eigenvalue weighted by atomic mass is 10.1. The van der Waals surface area contributed by atoms with E-state index in [-0.39, 0.29) is 54.8 Å². The number of amides is 1. The highest BCUT2D eigenvalue weighted by Gasteiger charge is 2.34. The van der Waals surface area contributed by atoms with Gasteiger partial charge in [0, 0.05) is 13.1 Å². The Labute approximate surface area is 183 Å². The molecule has 2 aromatic rings. The molecule has 1 saturated heterocycles. The lowest BCUT2D eigenvalue weighted by molar-refractivity contribution is -0.162. The van der Waals surface area contributed by atoms with Gasteiger partial charge in [0.2, 0.25) is 15.9 Å². The monoisotopic (exact) mass is 476 g/mol. The van der Waals surface area contributed by atoms with E-state index in [1.807, 2.05) is 0 Å². The Morgan fingerprint density at radius 2 is 1.94 bits per heavy atom. The topological polar surface area (TPSA) is 89.3 Å². The molecule has 0 aliphatic carbocycles. The first kappa shape index (κ1) is 24.1. The molecule has 1 fully saturated rings. The number of nitrogens with zero attached hydrogens (tertiary/aromatic N) is 2. The third-order valence-corrected chi connectivity index (χ3v) is 6.74. The summed E-state index contributed by atoms with van der Waals surface area (Å²) < 4.78 is 81.9. The molecule has 1 aromatic carbocycles. The highest BCUT2D eigenvalue weighted by molar-refractivity contribution is 7.89. The molecule has 1 aromatic heterocycles. The third-order valence-electron chi connectivity index (χ3n) is 4.82. The minimum absolute atomic E-state index is 0.0791. The Balaban J connectivity index is 1.85. The number of halogens is 3. The van der Waals surface area contributed by atoms with E-state index >= 15 is 0 Å². The molecule has 1 aliphatic heterocycles. The number of ether oxygens (including phenoxy) is 2. The number of carbonyl (C=O) groups excluding carboxylic acids is 1. The Hall–Kier alpha value is -2.57. The molecule has 1 aliphatic rings. The molecule has 0 atom stereocenters. The number of carbonyl (C=O) groups is 1. The zero-order chi connectivity index (χ0) is 23.4. The molecule has 8 nitrogen and oxygen atoms in total. The van der Waals surface area contributed by atoms with Crippen molar-refractivity contribution in [1.29, 1.82) is 0 Å². The van der Waals surface area contributed by atoms with Crippen LogP contribution in [0.2, 0.25) is 0 Å². The highest BCUT2D eigenvalue weighted by Crippen LogP contribution is 2.29. The van der Waals surface area contributed by atoms with Crippen molar-refractivity contribution in [2.24, 2.45) is 0 Å². The van der Waals surface area contributed by atoms with Gasteiger partial charge in [-0.1, -0.05) is 6.07 Å². The van der Waals surface area contributed by atoms with E-state index in [0.29, 0.717) is 4.90 Å². The zero-order valence-corrected chi connectivity index (χ0v) is 18.1. The largest absolute Gasteiger partial charge is 0.495 e. The lowest BCUT2D eigenvalue weighted by Crippen LogP contribution is -2.41. The summed E-state index contributed by atoms with van der Waals surface area (Å²) in [6.45, 7) is -0.992. The first-order valence-electron chi connectivity index (χ1n) is 9.72. The van der Waals surface area contributed by atoms with Crippen LogP contribution in [0.4, 0.5) is 13.2 Å². The summed E-state index contributed by atoms with van der Waals surface area (Å²) in [4.78, 5) is 13.2. The molecular formula is C20H23F3N2O6S. The van der Waals surface area contributed by atoms with E-state index in [9.17, 15) is 26.4 Å². The van der Waals surface area contributed by atoms with Crippen molar-refractivity contribution < 1.29 is 40.3 Å². The van der Waals surface area contributed by atoms with Gasteiger partial charge < -0.3 is 18.8 Å². The summed E-state index contributed by atoms with van der Waals surface area (Å²) in [7, 11) is -2.63. The second-order valence-corrected chi connectivity index (χ2v) is 9.03. The Kier molecular flexibility index (Phi) is 7.47. The fourth-order valence-electron chi connectivity index (χ4n) is 3.28. The quantitative estimate of drug-likeness (QED) is 0.582. The fraction of sp³-hybridized carbons (Fsp3) is 0.450. The van der Waals surface area contributed by atoms with Crippen molar-refractivity contribution in [3.8, 4) is 5.75 Å². The van der Waals surface area contributed by atoms with Crippen LogP contribution in [0, 0.1) is 0 Å². The molecule has 2 heterocycles. The van der Waals surface area contributed by atoms with Crippen molar-refractivity contribution in [2.75, 3.05) is 40.0 Å². The lowest BCUT2D eigenvalue weighted by Gasteiger charge is -2.27. The predicted molar refractivity (Wildman–Crippen MR) is 106 cm³/mol. The smallest absolute Gasteiger partial charge is 0.406 e. The van der Waals surface area contributed by atoms with Gasteiger partial charge >= 0.3 is 6.18 Å². The van der Waals surface area contributed by atoms with Gasteiger partial charge in [-0.15, -0.1) is 0 Å². The van der Waals surface area contributed by atoms with E-state index in [1.165, 1.54) is 48.0 Å². The number of alkyl halides is 3. The number of methoxy groups -OCH3 is 1. The van der Waals surface area contributed by atoms with Crippen molar-refractivity contribution in [2.45, 2.75) is 24.0 Å². The second-order valence-electron chi connectivity index (χ2n) is 7.12. The molecule has 0 unspecified atom stereocenters. The van der Waals surface area contributed by atoms with Crippen molar-refractivity contribution >= 4 is 15.9 Å². The van der Waals surface area contributed by atoms with E-state index in [1.54, 1.807) is 0 Å². The first-order chi connectivity index (χ1) is 15.1.